The summed E-state index contributed by atoms with van der Waals surface area (Å²) in [5.74, 6) is 0.413. The molecule has 1 N–H and O–H groups in total. The molecule has 0 aliphatic heterocycles. The van der Waals surface area contributed by atoms with Gasteiger partial charge in [-0.3, -0.25) is 19.5 Å². The zero-order chi connectivity index (χ0) is 24.7. The average Bonchev–Trinajstić information content (AvgIpc) is 2.83. The Kier molecular flexibility index (Phi) is 8.28. The van der Waals surface area contributed by atoms with Crippen LogP contribution in [0.5, 0.6) is 0 Å². The Morgan fingerprint density at radius 2 is 1.82 bits per heavy atom. The lowest BCUT2D eigenvalue weighted by molar-refractivity contribution is -0.384. The molecule has 1 aromatic heterocycles. The summed E-state index contributed by atoms with van der Waals surface area (Å²) in [5, 5.41) is 14.1. The maximum Gasteiger partial charge on any atom is 0.322 e. The van der Waals surface area contributed by atoms with E-state index >= 15 is 0 Å². The third kappa shape index (κ3) is 5.56. The second-order valence-electron chi connectivity index (χ2n) is 7.53. The van der Waals surface area contributed by atoms with Crippen LogP contribution >= 0.6 is 0 Å². The number of urea groups is 1. The highest BCUT2D eigenvalue weighted by molar-refractivity contribution is 5.89. The summed E-state index contributed by atoms with van der Waals surface area (Å²) in [5.41, 5.74) is 0.635. The maximum absolute atomic E-state index is 13.2. The molecule has 0 aliphatic rings. The SMILES string of the molecule is COCCN(C(=O)Nc1ccc([N+](=O)[O-])cc1)C(C)c1nc2ccccc2c(=O)n1CCOC. The molecule has 3 aromatic rings. The summed E-state index contributed by atoms with van der Waals surface area (Å²) in [4.78, 5) is 43.0. The normalized spacial score (nSPS) is 11.9. The first-order valence-corrected chi connectivity index (χ1v) is 10.7. The number of hydrogen-bond donors (Lipinski definition) is 1. The Balaban J connectivity index is 1.97. The fraction of sp³-hybridized carbons (Fsp3) is 0.348. The van der Waals surface area contributed by atoms with Crippen LogP contribution in [0.2, 0.25) is 0 Å². The summed E-state index contributed by atoms with van der Waals surface area (Å²) in [6, 6.07) is 11.5. The molecule has 180 valence electrons. The summed E-state index contributed by atoms with van der Waals surface area (Å²) >= 11 is 0. The van der Waals surface area contributed by atoms with E-state index in [9.17, 15) is 19.7 Å². The number of ether oxygens (including phenoxy) is 2. The molecule has 0 fully saturated rings. The number of nitro benzene ring substituents is 1. The van der Waals surface area contributed by atoms with Crippen LogP contribution in [0.1, 0.15) is 18.8 Å². The number of non-ortho nitro benzene ring substituents is 1. The third-order valence-corrected chi connectivity index (χ3v) is 5.38. The number of para-hydroxylation sites is 1. The molecule has 2 aromatic carbocycles. The third-order valence-electron chi connectivity index (χ3n) is 5.38. The van der Waals surface area contributed by atoms with E-state index in [2.05, 4.69) is 5.32 Å². The van der Waals surface area contributed by atoms with Gasteiger partial charge in [0.1, 0.15) is 5.82 Å². The highest BCUT2D eigenvalue weighted by atomic mass is 16.6. The minimum absolute atomic E-state index is 0.0786. The molecule has 3 rings (SSSR count). The van der Waals surface area contributed by atoms with Crippen LogP contribution in [0.25, 0.3) is 10.9 Å². The van der Waals surface area contributed by atoms with E-state index in [0.717, 1.165) is 0 Å². The number of carbonyl (C=O) groups is 1. The molecule has 1 unspecified atom stereocenters. The van der Waals surface area contributed by atoms with Gasteiger partial charge in [0.2, 0.25) is 0 Å². The minimum Gasteiger partial charge on any atom is -0.383 e. The molecule has 0 radical (unpaired) electrons. The van der Waals surface area contributed by atoms with Crippen molar-refractivity contribution in [1.29, 1.82) is 0 Å². The number of anilines is 1. The number of nitrogens with one attached hydrogen (secondary N) is 1. The van der Waals surface area contributed by atoms with Crippen molar-refractivity contribution in [3.05, 3.63) is 74.8 Å². The summed E-state index contributed by atoms with van der Waals surface area (Å²) < 4.78 is 11.9. The van der Waals surface area contributed by atoms with Crippen LogP contribution < -0.4 is 10.9 Å². The average molecular weight is 469 g/mol. The van der Waals surface area contributed by atoms with E-state index in [-0.39, 0.29) is 30.9 Å². The Hall–Kier alpha value is -3.83. The fourth-order valence-electron chi connectivity index (χ4n) is 3.56. The number of methoxy groups -OCH3 is 2. The van der Waals surface area contributed by atoms with E-state index in [1.807, 2.05) is 0 Å². The molecule has 0 aliphatic carbocycles. The van der Waals surface area contributed by atoms with Gasteiger partial charge in [0.15, 0.2) is 0 Å². The minimum atomic E-state index is -0.595. The lowest BCUT2D eigenvalue weighted by atomic mass is 10.2. The lowest BCUT2D eigenvalue weighted by Crippen LogP contribution is -2.42. The van der Waals surface area contributed by atoms with Crippen molar-refractivity contribution in [1.82, 2.24) is 14.5 Å². The first-order valence-electron chi connectivity index (χ1n) is 10.7. The van der Waals surface area contributed by atoms with Crippen molar-refractivity contribution < 1.29 is 19.2 Å². The summed E-state index contributed by atoms with van der Waals surface area (Å²) in [6.07, 6.45) is 0. The van der Waals surface area contributed by atoms with Crippen LogP contribution in [0.4, 0.5) is 16.2 Å². The molecule has 0 bridgehead atoms. The van der Waals surface area contributed by atoms with Gasteiger partial charge >= 0.3 is 6.03 Å². The second kappa shape index (κ2) is 11.3. The van der Waals surface area contributed by atoms with Gasteiger partial charge in [-0.1, -0.05) is 12.1 Å². The molecule has 1 heterocycles. The molecule has 11 heteroatoms. The van der Waals surface area contributed by atoms with Gasteiger partial charge in [-0.25, -0.2) is 9.78 Å². The highest BCUT2D eigenvalue weighted by Gasteiger charge is 2.26. The van der Waals surface area contributed by atoms with Gasteiger partial charge in [-0.05, 0) is 31.2 Å². The van der Waals surface area contributed by atoms with Gasteiger partial charge in [-0.2, -0.15) is 0 Å². The predicted molar refractivity (Wildman–Crippen MR) is 127 cm³/mol. The second-order valence-corrected chi connectivity index (χ2v) is 7.53. The molecular weight excluding hydrogens is 442 g/mol. The van der Waals surface area contributed by atoms with Gasteiger partial charge < -0.3 is 19.7 Å². The largest absolute Gasteiger partial charge is 0.383 e. The molecule has 2 amide bonds. The topological polar surface area (TPSA) is 129 Å². The number of fused-ring (bicyclic) bond motifs is 1. The summed E-state index contributed by atoms with van der Waals surface area (Å²) in [6.45, 7) is 2.84. The molecule has 34 heavy (non-hydrogen) atoms. The number of rotatable bonds is 10. The number of aromatic nitrogens is 2. The van der Waals surface area contributed by atoms with Crippen molar-refractivity contribution in [3.8, 4) is 0 Å². The smallest absolute Gasteiger partial charge is 0.322 e. The van der Waals surface area contributed by atoms with E-state index in [4.69, 9.17) is 14.5 Å². The Bertz CT molecular complexity index is 1210. The Morgan fingerprint density at radius 1 is 1.15 bits per heavy atom. The van der Waals surface area contributed by atoms with Crippen molar-refractivity contribution in [2.24, 2.45) is 0 Å². The molecule has 11 nitrogen and oxygen atoms in total. The van der Waals surface area contributed by atoms with Crippen molar-refractivity contribution >= 4 is 28.3 Å². The van der Waals surface area contributed by atoms with Crippen LogP contribution in [0.15, 0.2) is 53.3 Å². The van der Waals surface area contributed by atoms with Gasteiger partial charge in [0, 0.05) is 38.6 Å². The van der Waals surface area contributed by atoms with Crippen molar-refractivity contribution in [2.45, 2.75) is 19.5 Å². The zero-order valence-corrected chi connectivity index (χ0v) is 19.3. The van der Waals surface area contributed by atoms with Gasteiger partial charge in [0.25, 0.3) is 11.2 Å². The summed E-state index contributed by atoms with van der Waals surface area (Å²) in [7, 11) is 3.07. The van der Waals surface area contributed by atoms with E-state index in [0.29, 0.717) is 29.0 Å². The number of carbonyl (C=O) groups excluding carboxylic acids is 1. The quantitative estimate of drug-likeness (QED) is 0.357. The number of nitro groups is 1. The molecule has 1 atom stereocenters. The monoisotopic (exact) mass is 469 g/mol. The Morgan fingerprint density at radius 3 is 2.47 bits per heavy atom. The van der Waals surface area contributed by atoms with E-state index in [1.165, 1.54) is 40.8 Å². The number of hydrogen-bond acceptors (Lipinski definition) is 7. The van der Waals surface area contributed by atoms with Crippen molar-refractivity contribution in [2.75, 3.05) is 39.3 Å². The first-order chi connectivity index (χ1) is 16.4. The van der Waals surface area contributed by atoms with Crippen molar-refractivity contribution in [3.63, 3.8) is 0 Å². The molecule has 0 saturated carbocycles. The van der Waals surface area contributed by atoms with Crippen LogP contribution in [-0.2, 0) is 16.0 Å². The molecular formula is C23H27N5O6. The number of amides is 2. The Labute approximate surface area is 196 Å². The van der Waals surface area contributed by atoms with Crippen LogP contribution in [0, 0.1) is 10.1 Å². The number of nitrogens with zero attached hydrogens (tertiary/aromatic N) is 4. The fourth-order valence-corrected chi connectivity index (χ4v) is 3.56. The lowest BCUT2D eigenvalue weighted by Gasteiger charge is -2.30. The standard InChI is InChI=1S/C23H27N5O6/c1-16(21-25-20-7-5-4-6-19(20)22(29)27(21)13-15-34-3)26(12-14-33-2)23(30)24-17-8-10-18(11-9-17)28(31)32/h4-11,16H,12-15H2,1-3H3,(H,24,30). The van der Waals surface area contributed by atoms with E-state index < -0.39 is 17.0 Å². The van der Waals surface area contributed by atoms with Crippen LogP contribution in [0.3, 0.4) is 0 Å². The zero-order valence-electron chi connectivity index (χ0n) is 19.3. The number of benzene rings is 2. The maximum atomic E-state index is 13.2. The predicted octanol–water partition coefficient (Wildman–Crippen LogP) is 3.19. The van der Waals surface area contributed by atoms with Gasteiger partial charge in [-0.15, -0.1) is 0 Å². The highest BCUT2D eigenvalue weighted by Crippen LogP contribution is 2.22. The van der Waals surface area contributed by atoms with Crippen LogP contribution in [-0.4, -0.2) is 59.4 Å². The molecule has 0 spiro atoms. The molecule has 0 saturated heterocycles. The van der Waals surface area contributed by atoms with E-state index in [1.54, 1.807) is 38.3 Å². The first kappa shape index (κ1) is 24.8. The van der Waals surface area contributed by atoms with Gasteiger partial charge in [0.05, 0.1) is 41.6 Å².